The lowest BCUT2D eigenvalue weighted by Gasteiger charge is -2.31. The molecule has 134 valence electrons. The van der Waals surface area contributed by atoms with Crippen molar-refractivity contribution in [1.82, 2.24) is 0 Å². The Bertz CT molecular complexity index is 988. The first-order valence-corrected chi connectivity index (χ1v) is 9.11. The van der Waals surface area contributed by atoms with Crippen LogP contribution >= 0.6 is 11.8 Å². The molecule has 0 saturated heterocycles. The SMILES string of the molecule is O=C(O)c1ccccc1OCC(=O)N1c2ccccc2Sc2ccccc21. The molecule has 0 bridgehead atoms. The lowest BCUT2D eigenvalue weighted by Crippen LogP contribution is -2.33. The number of carboxylic acid groups (broad SMARTS) is 1. The van der Waals surface area contributed by atoms with Gasteiger partial charge in [-0.25, -0.2) is 4.79 Å². The molecule has 0 spiro atoms. The number of hydrogen-bond acceptors (Lipinski definition) is 4. The van der Waals surface area contributed by atoms with Crippen LogP contribution in [0.2, 0.25) is 0 Å². The molecule has 4 rings (SSSR count). The number of ether oxygens (including phenoxy) is 1. The summed E-state index contributed by atoms with van der Waals surface area (Å²) < 4.78 is 5.56. The fourth-order valence-corrected chi connectivity index (χ4v) is 4.00. The predicted molar refractivity (Wildman–Crippen MR) is 103 cm³/mol. The molecule has 5 nitrogen and oxygen atoms in total. The van der Waals surface area contributed by atoms with Gasteiger partial charge in [-0.1, -0.05) is 48.2 Å². The van der Waals surface area contributed by atoms with E-state index >= 15 is 0 Å². The van der Waals surface area contributed by atoms with Gasteiger partial charge in [0.1, 0.15) is 11.3 Å². The summed E-state index contributed by atoms with van der Waals surface area (Å²) in [6.45, 7) is -0.266. The molecule has 1 aliphatic heterocycles. The Morgan fingerprint density at radius 2 is 1.41 bits per heavy atom. The van der Waals surface area contributed by atoms with E-state index in [1.807, 2.05) is 48.5 Å². The van der Waals surface area contributed by atoms with Crippen molar-refractivity contribution in [3.05, 3.63) is 78.4 Å². The molecule has 0 radical (unpaired) electrons. The normalized spacial score (nSPS) is 12.1. The van der Waals surface area contributed by atoms with Crippen LogP contribution in [-0.4, -0.2) is 23.6 Å². The zero-order valence-electron chi connectivity index (χ0n) is 14.2. The van der Waals surface area contributed by atoms with Gasteiger partial charge in [-0.3, -0.25) is 9.69 Å². The second kappa shape index (κ2) is 7.17. The summed E-state index contributed by atoms with van der Waals surface area (Å²) in [5.74, 6) is -1.19. The minimum atomic E-state index is -1.09. The Balaban J connectivity index is 1.64. The molecule has 0 aromatic heterocycles. The number of carboxylic acids is 1. The molecule has 1 aliphatic rings. The van der Waals surface area contributed by atoms with Crippen molar-refractivity contribution in [2.45, 2.75) is 9.79 Å². The third kappa shape index (κ3) is 3.27. The van der Waals surface area contributed by atoms with E-state index in [1.54, 1.807) is 34.9 Å². The van der Waals surface area contributed by atoms with Crippen LogP contribution < -0.4 is 9.64 Å². The first kappa shape index (κ1) is 17.2. The van der Waals surface area contributed by atoms with Gasteiger partial charge < -0.3 is 9.84 Å². The first-order chi connectivity index (χ1) is 13.1. The monoisotopic (exact) mass is 377 g/mol. The summed E-state index contributed by atoms with van der Waals surface area (Å²) in [4.78, 5) is 27.9. The van der Waals surface area contributed by atoms with Crippen LogP contribution in [0.4, 0.5) is 11.4 Å². The third-order valence-electron chi connectivity index (χ3n) is 4.15. The quantitative estimate of drug-likeness (QED) is 0.720. The average molecular weight is 377 g/mol. The number of para-hydroxylation sites is 3. The van der Waals surface area contributed by atoms with Gasteiger partial charge in [-0.2, -0.15) is 0 Å². The van der Waals surface area contributed by atoms with E-state index in [9.17, 15) is 14.7 Å². The molecular weight excluding hydrogens is 362 g/mol. The molecule has 1 amide bonds. The van der Waals surface area contributed by atoms with Crippen molar-refractivity contribution in [1.29, 1.82) is 0 Å². The Morgan fingerprint density at radius 1 is 0.852 bits per heavy atom. The molecule has 0 saturated carbocycles. The lowest BCUT2D eigenvalue weighted by atomic mass is 10.2. The van der Waals surface area contributed by atoms with E-state index in [-0.39, 0.29) is 23.8 Å². The van der Waals surface area contributed by atoms with E-state index in [2.05, 4.69) is 0 Å². The maximum absolute atomic E-state index is 13.0. The highest BCUT2D eigenvalue weighted by Gasteiger charge is 2.28. The number of anilines is 2. The first-order valence-electron chi connectivity index (χ1n) is 8.29. The van der Waals surface area contributed by atoms with Crippen LogP contribution in [0, 0.1) is 0 Å². The van der Waals surface area contributed by atoms with Gasteiger partial charge in [-0.15, -0.1) is 0 Å². The minimum Gasteiger partial charge on any atom is -0.483 e. The maximum atomic E-state index is 13.0. The molecule has 0 unspecified atom stereocenters. The van der Waals surface area contributed by atoms with E-state index in [4.69, 9.17) is 4.74 Å². The number of benzene rings is 3. The Hall–Kier alpha value is -3.25. The van der Waals surface area contributed by atoms with E-state index < -0.39 is 5.97 Å². The van der Waals surface area contributed by atoms with Gasteiger partial charge in [0.25, 0.3) is 5.91 Å². The summed E-state index contributed by atoms with van der Waals surface area (Å²) in [7, 11) is 0. The van der Waals surface area contributed by atoms with Crippen molar-refractivity contribution in [3.63, 3.8) is 0 Å². The van der Waals surface area contributed by atoms with Crippen LogP contribution in [0.15, 0.2) is 82.6 Å². The van der Waals surface area contributed by atoms with Crippen molar-refractivity contribution >= 4 is 35.0 Å². The van der Waals surface area contributed by atoms with Gasteiger partial charge in [0, 0.05) is 9.79 Å². The number of hydrogen-bond donors (Lipinski definition) is 1. The molecule has 0 fully saturated rings. The standard InChI is InChI=1S/C21H15NO4S/c23-20(13-26-17-10-4-1-7-14(17)21(24)25)22-15-8-2-5-11-18(15)27-19-12-6-3-9-16(19)22/h1-12H,13H2,(H,24,25). The number of nitrogens with zero attached hydrogens (tertiary/aromatic N) is 1. The molecule has 3 aromatic rings. The van der Waals surface area contributed by atoms with E-state index in [0.29, 0.717) is 0 Å². The molecule has 1 heterocycles. The fraction of sp³-hybridized carbons (Fsp3) is 0.0476. The molecule has 6 heteroatoms. The van der Waals surface area contributed by atoms with Crippen LogP contribution in [0.3, 0.4) is 0 Å². The Kier molecular flexibility index (Phi) is 4.56. The fourth-order valence-electron chi connectivity index (χ4n) is 2.95. The molecule has 1 N–H and O–H groups in total. The van der Waals surface area contributed by atoms with Crippen molar-refractivity contribution in [2.24, 2.45) is 0 Å². The highest BCUT2D eigenvalue weighted by atomic mass is 32.2. The number of rotatable bonds is 4. The lowest BCUT2D eigenvalue weighted by molar-refractivity contribution is -0.119. The van der Waals surface area contributed by atoms with E-state index in [1.165, 1.54) is 6.07 Å². The van der Waals surface area contributed by atoms with Crippen molar-refractivity contribution in [3.8, 4) is 5.75 Å². The number of aromatic carboxylic acids is 1. The van der Waals surface area contributed by atoms with Crippen molar-refractivity contribution < 1.29 is 19.4 Å². The molecule has 27 heavy (non-hydrogen) atoms. The maximum Gasteiger partial charge on any atom is 0.339 e. The van der Waals surface area contributed by atoms with Crippen LogP contribution in [-0.2, 0) is 4.79 Å². The second-order valence-electron chi connectivity index (χ2n) is 5.86. The molecule has 0 aliphatic carbocycles. The predicted octanol–water partition coefficient (Wildman–Crippen LogP) is 4.59. The summed E-state index contributed by atoms with van der Waals surface area (Å²) in [6.07, 6.45) is 0. The second-order valence-corrected chi connectivity index (χ2v) is 6.94. The largest absolute Gasteiger partial charge is 0.483 e. The van der Waals surface area contributed by atoms with Gasteiger partial charge >= 0.3 is 5.97 Å². The van der Waals surface area contributed by atoms with Crippen LogP contribution in [0.25, 0.3) is 0 Å². The zero-order chi connectivity index (χ0) is 18.8. The van der Waals surface area contributed by atoms with Crippen LogP contribution in [0.1, 0.15) is 10.4 Å². The number of fused-ring (bicyclic) bond motifs is 2. The number of carbonyl (C=O) groups is 2. The molecular formula is C21H15NO4S. The van der Waals surface area contributed by atoms with Gasteiger partial charge in [0.2, 0.25) is 0 Å². The van der Waals surface area contributed by atoms with Crippen molar-refractivity contribution in [2.75, 3.05) is 11.5 Å². The summed E-state index contributed by atoms with van der Waals surface area (Å²) in [5, 5.41) is 9.26. The van der Waals surface area contributed by atoms with Gasteiger partial charge in [-0.05, 0) is 36.4 Å². The Morgan fingerprint density at radius 3 is 2.04 bits per heavy atom. The van der Waals surface area contributed by atoms with Gasteiger partial charge in [0.05, 0.1) is 11.4 Å². The molecule has 3 aromatic carbocycles. The highest BCUT2D eigenvalue weighted by Crippen LogP contribution is 2.47. The van der Waals surface area contributed by atoms with Crippen LogP contribution in [0.5, 0.6) is 5.75 Å². The zero-order valence-corrected chi connectivity index (χ0v) is 15.0. The Labute approximate surface area is 160 Å². The average Bonchev–Trinajstić information content (AvgIpc) is 2.70. The third-order valence-corrected chi connectivity index (χ3v) is 5.28. The highest BCUT2D eigenvalue weighted by molar-refractivity contribution is 7.99. The summed E-state index contributed by atoms with van der Waals surface area (Å²) in [6, 6.07) is 21.6. The molecule has 0 atom stereocenters. The van der Waals surface area contributed by atoms with E-state index in [0.717, 1.165) is 21.2 Å². The minimum absolute atomic E-state index is 0.0281. The smallest absolute Gasteiger partial charge is 0.339 e. The topological polar surface area (TPSA) is 66.8 Å². The van der Waals surface area contributed by atoms with Gasteiger partial charge in [0.15, 0.2) is 6.61 Å². The number of amides is 1. The summed E-state index contributed by atoms with van der Waals surface area (Å²) in [5.41, 5.74) is 1.61. The number of carbonyl (C=O) groups excluding carboxylic acids is 1. The summed E-state index contributed by atoms with van der Waals surface area (Å²) >= 11 is 1.61.